The first-order chi connectivity index (χ1) is 23.2. The van der Waals surface area contributed by atoms with Crippen molar-refractivity contribution < 1.29 is 51.3 Å². The molecule has 2 aromatic heterocycles. The lowest BCUT2D eigenvalue weighted by molar-refractivity contribution is -0.161. The van der Waals surface area contributed by atoms with Crippen molar-refractivity contribution in [1.29, 1.82) is 0 Å². The minimum Gasteiger partial charge on any atom is -0.489 e. The van der Waals surface area contributed by atoms with E-state index in [1.54, 1.807) is 64.6 Å². The second-order valence-corrected chi connectivity index (χ2v) is 14.4. The Balaban J connectivity index is 1.86. The number of amides is 2. The third-order valence-corrected chi connectivity index (χ3v) is 7.57. The molecule has 0 saturated heterocycles. The van der Waals surface area contributed by atoms with E-state index in [2.05, 4.69) is 15.3 Å². The Morgan fingerprint density at radius 1 is 1.02 bits per heavy atom. The predicted molar refractivity (Wildman–Crippen MR) is 179 cm³/mol. The lowest BCUT2D eigenvalue weighted by atomic mass is 10.1. The maximum Gasteiger partial charge on any atom is 0.416 e. The number of nitrogens with one attached hydrogen (secondary N) is 1. The summed E-state index contributed by atoms with van der Waals surface area (Å²) in [7, 11) is 0. The van der Waals surface area contributed by atoms with Crippen LogP contribution in [0.25, 0.3) is 10.2 Å². The van der Waals surface area contributed by atoms with Crippen molar-refractivity contribution in [3.8, 4) is 5.75 Å². The molecule has 12 nitrogen and oxygen atoms in total. The molecule has 3 aromatic rings. The van der Waals surface area contributed by atoms with Gasteiger partial charge in [0.15, 0.2) is 4.80 Å². The van der Waals surface area contributed by atoms with Crippen molar-refractivity contribution in [2.75, 3.05) is 6.61 Å². The van der Waals surface area contributed by atoms with Crippen LogP contribution in [0.3, 0.4) is 0 Å². The van der Waals surface area contributed by atoms with E-state index in [1.165, 1.54) is 18.3 Å². The van der Waals surface area contributed by atoms with Crippen molar-refractivity contribution in [1.82, 2.24) is 14.9 Å². The summed E-state index contributed by atoms with van der Waals surface area (Å²) in [5.74, 6) is -3.01. The molecule has 274 valence electrons. The Labute approximate surface area is 292 Å². The smallest absolute Gasteiger partial charge is 0.416 e. The zero-order valence-electron chi connectivity index (χ0n) is 29.3. The Hall–Kier alpha value is -4.47. The van der Waals surface area contributed by atoms with E-state index in [9.17, 15) is 32.3 Å². The van der Waals surface area contributed by atoms with Crippen LogP contribution in [-0.4, -0.2) is 63.4 Å². The lowest BCUT2D eigenvalue weighted by Crippen LogP contribution is -2.47. The number of alkyl halides is 3. The number of esters is 2. The van der Waals surface area contributed by atoms with Gasteiger partial charge < -0.3 is 28.8 Å². The first-order valence-corrected chi connectivity index (χ1v) is 16.8. The molecule has 0 spiro atoms. The fourth-order valence-corrected chi connectivity index (χ4v) is 5.42. The van der Waals surface area contributed by atoms with E-state index in [-0.39, 0.29) is 10.6 Å². The number of aromatic nitrogens is 2. The normalized spacial score (nSPS) is 13.8. The van der Waals surface area contributed by atoms with Gasteiger partial charge in [0.05, 0.1) is 34.0 Å². The number of carbonyl (C=O) groups excluding carboxylic acids is 4. The second-order valence-electron chi connectivity index (χ2n) is 13.4. The number of alkyl carbamates (subject to hydrolysis) is 1. The van der Waals surface area contributed by atoms with Gasteiger partial charge in [0.1, 0.15) is 35.7 Å². The highest BCUT2D eigenvalue weighted by atomic mass is 32.1. The molecule has 16 heteroatoms. The van der Waals surface area contributed by atoms with Crippen LogP contribution in [0.1, 0.15) is 90.6 Å². The second kappa shape index (κ2) is 16.5. The van der Waals surface area contributed by atoms with Crippen molar-refractivity contribution in [2.24, 2.45) is 4.99 Å². The number of nitrogens with zero attached hydrogens (tertiary/aromatic N) is 3. The van der Waals surface area contributed by atoms with Gasteiger partial charge in [0, 0.05) is 12.7 Å². The number of ether oxygens (including phenoxy) is 4. The molecule has 1 aromatic carbocycles. The van der Waals surface area contributed by atoms with Crippen LogP contribution >= 0.6 is 11.3 Å². The Bertz CT molecular complexity index is 1730. The largest absolute Gasteiger partial charge is 0.489 e. The topological polar surface area (TPSA) is 147 Å². The van der Waals surface area contributed by atoms with Gasteiger partial charge in [-0.3, -0.25) is 14.6 Å². The molecule has 0 saturated carbocycles. The zero-order chi connectivity index (χ0) is 37.4. The molecule has 0 aliphatic carbocycles. The highest BCUT2D eigenvalue weighted by molar-refractivity contribution is 7.16. The van der Waals surface area contributed by atoms with Gasteiger partial charge in [-0.2, -0.15) is 18.2 Å². The molecular weight excluding hydrogens is 681 g/mol. The summed E-state index contributed by atoms with van der Waals surface area (Å²) >= 11 is 1.20. The van der Waals surface area contributed by atoms with Gasteiger partial charge in [0.2, 0.25) is 0 Å². The van der Waals surface area contributed by atoms with Crippen molar-refractivity contribution >= 4 is 45.5 Å². The van der Waals surface area contributed by atoms with E-state index in [0.717, 1.165) is 35.2 Å². The first kappa shape index (κ1) is 40.0. The number of carbonyl (C=O) groups is 4. The zero-order valence-corrected chi connectivity index (χ0v) is 30.1. The fraction of sp³-hybridized carbons (Fsp3) is 0.529. The summed E-state index contributed by atoms with van der Waals surface area (Å²) in [6, 6.07) is 2.67. The standard InChI is InChI=1S/C34H43F3N4O8S/c1-9-10-15-41-24-18-38-14-13-26(24)50-30(41)40-28(43)22-16-21(34(35,36)37)11-12-25(22)46-19-20(2)47-29(44)23(17-27(42)48-32(3,4)5)39-31(45)49-33(6,7)8/h11-14,16,18,20,23H,9-10,15,17,19H2,1-8H3,(H,39,45). The number of pyridine rings is 1. The Morgan fingerprint density at radius 3 is 2.32 bits per heavy atom. The predicted octanol–water partition coefficient (Wildman–Crippen LogP) is 6.59. The van der Waals surface area contributed by atoms with Crippen LogP contribution < -0.4 is 14.9 Å². The molecular formula is C34H43F3N4O8S. The SMILES string of the molecule is CCCCn1c(=NC(=O)c2cc(C(F)(F)F)ccc2OCC(C)OC(=O)C(CC(=O)OC(C)(C)C)NC(=O)OC(C)(C)C)sc2ccncc21. The summed E-state index contributed by atoms with van der Waals surface area (Å²) in [6.07, 6.45) is -2.53. The molecule has 0 aliphatic rings. The molecule has 2 unspecified atom stereocenters. The molecule has 50 heavy (non-hydrogen) atoms. The number of rotatable bonds is 12. The summed E-state index contributed by atoms with van der Waals surface area (Å²) in [5, 5.41) is 2.32. The van der Waals surface area contributed by atoms with Gasteiger partial charge >= 0.3 is 24.2 Å². The van der Waals surface area contributed by atoms with Crippen LogP contribution in [0.4, 0.5) is 18.0 Å². The number of hydrogen-bond acceptors (Lipinski definition) is 10. The van der Waals surface area contributed by atoms with E-state index in [4.69, 9.17) is 18.9 Å². The quantitative estimate of drug-likeness (QED) is 0.161. The van der Waals surface area contributed by atoms with E-state index in [1.807, 2.05) is 6.92 Å². The van der Waals surface area contributed by atoms with Crippen LogP contribution in [-0.2, 0) is 36.5 Å². The number of thiazole rings is 1. The summed E-state index contributed by atoms with van der Waals surface area (Å²) < 4.78 is 65.3. The van der Waals surface area contributed by atoms with Gasteiger partial charge in [0.25, 0.3) is 5.91 Å². The summed E-state index contributed by atoms with van der Waals surface area (Å²) in [4.78, 5) is 60.2. The van der Waals surface area contributed by atoms with Gasteiger partial charge in [-0.25, -0.2) is 9.59 Å². The molecule has 0 fully saturated rings. The molecule has 1 N–H and O–H groups in total. The van der Waals surface area contributed by atoms with E-state index >= 15 is 0 Å². The van der Waals surface area contributed by atoms with E-state index < -0.39 is 77.6 Å². The van der Waals surface area contributed by atoms with Crippen molar-refractivity contribution in [2.45, 2.75) is 111 Å². The maximum absolute atomic E-state index is 13.7. The van der Waals surface area contributed by atoms with Gasteiger partial charge in [-0.15, -0.1) is 0 Å². The number of fused-ring (bicyclic) bond motifs is 1. The van der Waals surface area contributed by atoms with Gasteiger partial charge in [-0.1, -0.05) is 24.7 Å². The Kier molecular flexibility index (Phi) is 13.2. The first-order valence-electron chi connectivity index (χ1n) is 15.9. The fourth-order valence-electron chi connectivity index (χ4n) is 4.40. The van der Waals surface area contributed by atoms with Crippen LogP contribution in [0.5, 0.6) is 5.75 Å². The van der Waals surface area contributed by atoms with Crippen LogP contribution in [0.15, 0.2) is 41.7 Å². The third kappa shape index (κ3) is 12.1. The summed E-state index contributed by atoms with van der Waals surface area (Å²) in [6.45, 7) is 13.3. The lowest BCUT2D eigenvalue weighted by Gasteiger charge is -2.25. The molecule has 3 rings (SSSR count). The van der Waals surface area contributed by atoms with Crippen LogP contribution in [0, 0.1) is 0 Å². The molecule has 0 aliphatic heterocycles. The number of hydrogen-bond donors (Lipinski definition) is 1. The molecule has 0 radical (unpaired) electrons. The number of aryl methyl sites for hydroxylation is 1. The Morgan fingerprint density at radius 2 is 1.70 bits per heavy atom. The maximum atomic E-state index is 13.7. The molecule has 2 atom stereocenters. The number of unbranched alkanes of at least 4 members (excludes halogenated alkanes) is 1. The van der Waals surface area contributed by atoms with Crippen LogP contribution in [0.2, 0.25) is 0 Å². The highest BCUT2D eigenvalue weighted by Gasteiger charge is 2.33. The third-order valence-electron chi connectivity index (χ3n) is 6.51. The molecule has 0 bridgehead atoms. The van der Waals surface area contributed by atoms with Crippen molar-refractivity contribution in [3.05, 3.63) is 52.6 Å². The number of benzene rings is 1. The molecule has 2 amide bonds. The highest BCUT2D eigenvalue weighted by Crippen LogP contribution is 2.33. The average Bonchev–Trinajstić information content (AvgIpc) is 3.32. The average molecular weight is 725 g/mol. The minimum absolute atomic E-state index is 0.227. The minimum atomic E-state index is -4.76. The summed E-state index contributed by atoms with van der Waals surface area (Å²) in [5.41, 5.74) is -2.57. The van der Waals surface area contributed by atoms with Gasteiger partial charge in [-0.05, 0) is 79.2 Å². The number of halogens is 3. The monoisotopic (exact) mass is 724 g/mol. The van der Waals surface area contributed by atoms with Crippen molar-refractivity contribution in [3.63, 3.8) is 0 Å². The van der Waals surface area contributed by atoms with E-state index in [0.29, 0.717) is 12.6 Å². The molecule has 2 heterocycles.